The summed E-state index contributed by atoms with van der Waals surface area (Å²) in [5, 5.41) is 0. The van der Waals surface area contributed by atoms with E-state index in [1.807, 2.05) is 39.0 Å². The van der Waals surface area contributed by atoms with Crippen molar-refractivity contribution in [3.8, 4) is 18.1 Å². The summed E-state index contributed by atoms with van der Waals surface area (Å²) in [5.74, 6) is 3.36. The van der Waals surface area contributed by atoms with E-state index in [-0.39, 0.29) is 51.1 Å². The minimum Gasteiger partial charge on any atom is -0.481 e. The minimum atomic E-state index is 0. The molecule has 113 valence electrons. The molecular weight excluding hydrogens is 351 g/mol. The molecule has 1 aromatic rings. The van der Waals surface area contributed by atoms with Crippen molar-refractivity contribution in [2.75, 3.05) is 13.2 Å². The maximum Gasteiger partial charge on any atom is 0.225 e. The van der Waals surface area contributed by atoms with Gasteiger partial charge in [0.05, 0.1) is 0 Å². The number of hydrogen-bond acceptors (Lipinski definition) is 2. The molecule has 1 aromatic carbocycles. The van der Waals surface area contributed by atoms with Gasteiger partial charge in [-0.1, -0.05) is 26.2 Å². The number of terminal acetylenes is 1. The van der Waals surface area contributed by atoms with Crippen LogP contribution >= 0.6 is 0 Å². The van der Waals surface area contributed by atoms with Crippen molar-refractivity contribution in [3.63, 3.8) is 0 Å². The van der Waals surface area contributed by atoms with E-state index in [2.05, 4.69) is 12.0 Å². The van der Waals surface area contributed by atoms with Crippen LogP contribution in [0.3, 0.4) is 0 Å². The first-order chi connectivity index (χ1) is 10.1. The van der Waals surface area contributed by atoms with Gasteiger partial charge in [0, 0.05) is 45.2 Å². The quantitative estimate of drug-likeness (QED) is 0.602. The van der Waals surface area contributed by atoms with E-state index in [1.54, 1.807) is 4.90 Å². The second kappa shape index (κ2) is 8.51. The minimum absolute atomic E-state index is 0. The van der Waals surface area contributed by atoms with Crippen LogP contribution in [-0.4, -0.2) is 24.0 Å². The number of nitrogens with zero attached hydrogens (tertiary/aromatic N) is 1. The fourth-order valence-corrected chi connectivity index (χ4v) is 2.48. The van der Waals surface area contributed by atoms with Crippen LogP contribution < -0.4 is 4.74 Å². The molecule has 22 heavy (non-hydrogen) atoms. The van der Waals surface area contributed by atoms with Gasteiger partial charge in [0.2, 0.25) is 5.91 Å². The van der Waals surface area contributed by atoms with Gasteiger partial charge in [-0.05, 0) is 19.1 Å². The van der Waals surface area contributed by atoms with Crippen LogP contribution in [0.4, 0.5) is 0 Å². The molecule has 0 saturated heterocycles. The van der Waals surface area contributed by atoms with E-state index in [1.165, 1.54) is 0 Å². The second-order valence-corrected chi connectivity index (χ2v) is 5.18. The van der Waals surface area contributed by atoms with Gasteiger partial charge in [0.25, 0.3) is 0 Å². The molecule has 4 heteroatoms. The van der Waals surface area contributed by atoms with Crippen molar-refractivity contribution in [1.82, 2.24) is 4.90 Å². The van der Waals surface area contributed by atoms with Gasteiger partial charge in [-0.15, -0.1) is 29.3 Å². The molecule has 1 aliphatic heterocycles. The van der Waals surface area contributed by atoms with Crippen LogP contribution in [0, 0.1) is 31.3 Å². The molecule has 0 aromatic heterocycles. The summed E-state index contributed by atoms with van der Waals surface area (Å²) < 4.78 is 5.42. The Labute approximate surface area is 158 Å². The van der Waals surface area contributed by atoms with Crippen molar-refractivity contribution >= 4 is 11.6 Å². The first kappa shape index (κ1) is 18.9. The molecule has 0 saturated carbocycles. The standard InChI is InChI=1S/C18H20NO2.Y/c1-5-11-21-15-8-9-16(14(4)12-15)17-10-7-13(3)18(20)19(17)6-2;/h1,8-9,12-13H,6-7,11H2,2-4H3;/q-1;. The van der Waals surface area contributed by atoms with Gasteiger partial charge in [0.1, 0.15) is 12.4 Å². The molecule has 0 fully saturated rings. The summed E-state index contributed by atoms with van der Waals surface area (Å²) >= 11 is 0. The number of carbonyl (C=O) groups is 1. The van der Waals surface area contributed by atoms with E-state index in [9.17, 15) is 4.79 Å². The van der Waals surface area contributed by atoms with Gasteiger partial charge in [0.15, 0.2) is 0 Å². The van der Waals surface area contributed by atoms with Crippen molar-refractivity contribution < 1.29 is 42.2 Å². The number of allylic oxidation sites excluding steroid dienone is 1. The average molecular weight is 371 g/mol. The number of aryl methyl sites for hydroxylation is 1. The van der Waals surface area contributed by atoms with Crippen LogP contribution in [0.1, 0.15) is 31.4 Å². The van der Waals surface area contributed by atoms with Gasteiger partial charge >= 0.3 is 0 Å². The molecular formula is C18H20NO2Y-. The molecule has 0 spiro atoms. The predicted octanol–water partition coefficient (Wildman–Crippen LogP) is 3.04. The van der Waals surface area contributed by atoms with Gasteiger partial charge < -0.3 is 9.64 Å². The Morgan fingerprint density at radius 3 is 2.82 bits per heavy atom. The monoisotopic (exact) mass is 371 g/mol. The largest absolute Gasteiger partial charge is 0.481 e. The molecule has 1 atom stereocenters. The van der Waals surface area contributed by atoms with Crippen molar-refractivity contribution in [2.24, 2.45) is 5.92 Å². The SMILES string of the molecule is C#CCOc1ccc(C2=[C-]CC(C)C(=O)N2CC)c(C)c1.[Y]. The van der Waals surface area contributed by atoms with Gasteiger partial charge in [-0.2, -0.15) is 0 Å². The van der Waals surface area contributed by atoms with E-state index in [0.29, 0.717) is 13.0 Å². The van der Waals surface area contributed by atoms with E-state index in [4.69, 9.17) is 11.2 Å². The maximum atomic E-state index is 12.3. The number of benzene rings is 1. The third kappa shape index (κ3) is 4.00. The summed E-state index contributed by atoms with van der Waals surface area (Å²) in [5.41, 5.74) is 2.94. The smallest absolute Gasteiger partial charge is 0.225 e. The molecule has 0 aliphatic carbocycles. The van der Waals surface area contributed by atoms with Crippen molar-refractivity contribution in [3.05, 3.63) is 35.4 Å². The number of hydrogen-bond donors (Lipinski definition) is 0. The van der Waals surface area contributed by atoms with E-state index in [0.717, 1.165) is 22.6 Å². The zero-order valence-electron chi connectivity index (χ0n) is 13.3. The molecule has 2 rings (SSSR count). The summed E-state index contributed by atoms with van der Waals surface area (Å²) in [6.07, 6.45) is 9.23. The zero-order chi connectivity index (χ0) is 15.4. The summed E-state index contributed by atoms with van der Waals surface area (Å²) in [7, 11) is 0. The molecule has 1 heterocycles. The Kier molecular flexibility index (Phi) is 7.32. The number of ether oxygens (including phenoxy) is 1. The van der Waals surface area contributed by atoms with E-state index >= 15 is 0 Å². The number of rotatable bonds is 4. The topological polar surface area (TPSA) is 29.5 Å². The first-order valence-corrected chi connectivity index (χ1v) is 7.18. The molecule has 3 nitrogen and oxygen atoms in total. The van der Waals surface area contributed by atoms with Crippen LogP contribution in [0.2, 0.25) is 0 Å². The number of amides is 1. The zero-order valence-corrected chi connectivity index (χ0v) is 16.2. The van der Waals surface area contributed by atoms with Crippen LogP contribution in [0.5, 0.6) is 5.75 Å². The Balaban J connectivity index is 0.00000242. The van der Waals surface area contributed by atoms with Gasteiger partial charge in [-0.25, -0.2) is 6.08 Å². The summed E-state index contributed by atoms with van der Waals surface area (Å²) in [6.45, 7) is 6.84. The molecule has 0 N–H and O–H groups in total. The Morgan fingerprint density at radius 1 is 1.50 bits per heavy atom. The third-order valence-corrected chi connectivity index (χ3v) is 3.62. The van der Waals surface area contributed by atoms with Gasteiger partial charge in [-0.3, -0.25) is 4.79 Å². The second-order valence-electron chi connectivity index (χ2n) is 5.18. The molecule has 1 radical (unpaired) electrons. The van der Waals surface area contributed by atoms with Crippen LogP contribution in [-0.2, 0) is 37.5 Å². The molecule has 0 bridgehead atoms. The third-order valence-electron chi connectivity index (χ3n) is 3.62. The summed E-state index contributed by atoms with van der Waals surface area (Å²) in [6, 6.07) is 5.79. The number of carbonyl (C=O) groups excluding carboxylic acids is 1. The average Bonchev–Trinajstić information content (AvgIpc) is 2.48. The van der Waals surface area contributed by atoms with E-state index < -0.39 is 0 Å². The first-order valence-electron chi connectivity index (χ1n) is 7.18. The maximum absolute atomic E-state index is 12.3. The fraction of sp³-hybridized carbons (Fsp3) is 0.389. The summed E-state index contributed by atoms with van der Waals surface area (Å²) in [4.78, 5) is 14.1. The molecule has 1 aliphatic rings. The Bertz CT molecular complexity index is 616. The predicted molar refractivity (Wildman–Crippen MR) is 83.3 cm³/mol. The Morgan fingerprint density at radius 2 is 2.23 bits per heavy atom. The van der Waals surface area contributed by atoms with Crippen molar-refractivity contribution in [1.29, 1.82) is 0 Å². The molecule has 1 amide bonds. The fourth-order valence-electron chi connectivity index (χ4n) is 2.48. The van der Waals surface area contributed by atoms with Crippen LogP contribution in [0.15, 0.2) is 18.2 Å². The molecule has 1 unspecified atom stereocenters. The normalized spacial score (nSPS) is 17.4. The van der Waals surface area contributed by atoms with Crippen LogP contribution in [0.25, 0.3) is 5.70 Å². The van der Waals surface area contributed by atoms with Crippen molar-refractivity contribution in [2.45, 2.75) is 27.2 Å². The Hall–Kier alpha value is -1.11.